The highest BCUT2D eigenvalue weighted by Crippen LogP contribution is 2.60. The predicted molar refractivity (Wildman–Crippen MR) is 49.7 cm³/mol. The molecule has 0 aromatic heterocycles. The van der Waals surface area contributed by atoms with Crippen LogP contribution in [0.2, 0.25) is 0 Å². The van der Waals surface area contributed by atoms with Gasteiger partial charge in [-0.1, -0.05) is 0 Å². The molecular weight excluding hydrogens is 182 g/mol. The Kier molecular flexibility index (Phi) is 2.19. The topological polar surface area (TPSA) is 84.2 Å². The second-order valence-corrected chi connectivity index (χ2v) is 4.29. The summed E-state index contributed by atoms with van der Waals surface area (Å²) in [7, 11) is 0. The highest BCUT2D eigenvalue weighted by atomic mass is 16.2. The van der Waals surface area contributed by atoms with Crippen LogP contribution >= 0.6 is 0 Å². The number of carbonyl (C=O) groups excluding carboxylic acids is 2. The smallest absolute Gasteiger partial charge is 0.323 e. The Morgan fingerprint density at radius 3 is 2.36 bits per heavy atom. The van der Waals surface area contributed by atoms with Crippen LogP contribution in [0, 0.1) is 11.3 Å². The number of nitrogens with two attached hydrogens (primary N) is 1. The van der Waals surface area contributed by atoms with Crippen molar-refractivity contribution in [2.45, 2.75) is 25.7 Å². The van der Waals surface area contributed by atoms with Gasteiger partial charge < -0.3 is 5.32 Å². The molecule has 0 radical (unpaired) electrons. The molecule has 0 aromatic rings. The summed E-state index contributed by atoms with van der Waals surface area (Å²) in [6.45, 7) is 0.629. The summed E-state index contributed by atoms with van der Waals surface area (Å²) < 4.78 is 0. The van der Waals surface area contributed by atoms with E-state index in [0.717, 1.165) is 5.92 Å². The van der Waals surface area contributed by atoms with Gasteiger partial charge in [-0.25, -0.2) is 5.84 Å². The summed E-state index contributed by atoms with van der Waals surface area (Å²) in [5.74, 6) is 4.23. The van der Waals surface area contributed by atoms with Crippen LogP contribution in [0.3, 0.4) is 0 Å². The van der Waals surface area contributed by atoms with Crippen LogP contribution in [-0.4, -0.2) is 18.4 Å². The van der Waals surface area contributed by atoms with Gasteiger partial charge in [0.1, 0.15) is 0 Å². The molecule has 0 heterocycles. The quantitative estimate of drug-likeness (QED) is 0.242. The van der Waals surface area contributed by atoms with Crippen molar-refractivity contribution in [2.75, 3.05) is 6.54 Å². The van der Waals surface area contributed by atoms with Crippen LogP contribution in [0.15, 0.2) is 0 Å². The molecule has 2 rings (SSSR count). The van der Waals surface area contributed by atoms with Crippen molar-refractivity contribution in [3.05, 3.63) is 0 Å². The maximum atomic E-state index is 11.1. The van der Waals surface area contributed by atoms with Crippen molar-refractivity contribution in [3.63, 3.8) is 0 Å². The number of hydrazine groups is 1. The molecule has 0 spiro atoms. The Morgan fingerprint density at radius 2 is 1.93 bits per heavy atom. The van der Waals surface area contributed by atoms with E-state index in [4.69, 9.17) is 5.84 Å². The van der Waals surface area contributed by atoms with E-state index < -0.39 is 11.8 Å². The van der Waals surface area contributed by atoms with Gasteiger partial charge >= 0.3 is 11.8 Å². The van der Waals surface area contributed by atoms with Gasteiger partial charge in [0.05, 0.1) is 0 Å². The number of rotatable bonds is 3. The Balaban J connectivity index is 1.76. The first-order chi connectivity index (χ1) is 6.68. The van der Waals surface area contributed by atoms with Crippen molar-refractivity contribution < 1.29 is 9.59 Å². The summed E-state index contributed by atoms with van der Waals surface area (Å²) in [5, 5.41) is 2.63. The fourth-order valence-corrected chi connectivity index (χ4v) is 1.99. The molecule has 0 atom stereocenters. The third-order valence-electron chi connectivity index (χ3n) is 3.27. The largest absolute Gasteiger partial charge is 0.347 e. The lowest BCUT2D eigenvalue weighted by Crippen LogP contribution is -2.44. The molecule has 2 saturated carbocycles. The summed E-state index contributed by atoms with van der Waals surface area (Å²) >= 11 is 0. The van der Waals surface area contributed by atoms with Crippen molar-refractivity contribution in [3.8, 4) is 0 Å². The SMILES string of the molecule is NNC(=O)C(=O)NCC1(C2CC2)CC1. The maximum absolute atomic E-state index is 11.1. The van der Waals surface area contributed by atoms with Gasteiger partial charge in [0.2, 0.25) is 0 Å². The fourth-order valence-electron chi connectivity index (χ4n) is 1.99. The lowest BCUT2D eigenvalue weighted by Gasteiger charge is -2.14. The summed E-state index contributed by atoms with van der Waals surface area (Å²) in [4.78, 5) is 21.9. The average Bonchev–Trinajstić information content (AvgIpc) is 3.03. The summed E-state index contributed by atoms with van der Waals surface area (Å²) in [5.41, 5.74) is 2.14. The molecule has 5 nitrogen and oxygen atoms in total. The molecule has 0 bridgehead atoms. The Hall–Kier alpha value is -1.10. The minimum Gasteiger partial charge on any atom is -0.347 e. The Morgan fingerprint density at radius 1 is 1.29 bits per heavy atom. The number of amides is 2. The highest BCUT2D eigenvalue weighted by Gasteiger charge is 2.53. The van der Waals surface area contributed by atoms with Crippen molar-refractivity contribution in [1.29, 1.82) is 0 Å². The first kappa shape index (κ1) is 9.45. The number of carbonyl (C=O) groups is 2. The van der Waals surface area contributed by atoms with E-state index in [1.165, 1.54) is 25.7 Å². The first-order valence-corrected chi connectivity index (χ1v) is 4.97. The molecule has 2 aliphatic rings. The van der Waals surface area contributed by atoms with E-state index in [1.54, 1.807) is 0 Å². The molecule has 0 aromatic carbocycles. The monoisotopic (exact) mass is 197 g/mol. The molecule has 2 amide bonds. The molecule has 0 unspecified atom stereocenters. The lowest BCUT2D eigenvalue weighted by molar-refractivity contribution is -0.139. The molecule has 2 fully saturated rings. The zero-order valence-corrected chi connectivity index (χ0v) is 8.01. The van der Waals surface area contributed by atoms with Crippen LogP contribution in [-0.2, 0) is 9.59 Å². The van der Waals surface area contributed by atoms with Crippen molar-refractivity contribution >= 4 is 11.8 Å². The lowest BCUT2D eigenvalue weighted by atomic mass is 10.0. The van der Waals surface area contributed by atoms with E-state index in [2.05, 4.69) is 5.32 Å². The molecule has 2 aliphatic carbocycles. The molecule has 0 aliphatic heterocycles. The van der Waals surface area contributed by atoms with Crippen LogP contribution in [0.4, 0.5) is 0 Å². The summed E-state index contributed by atoms with van der Waals surface area (Å²) in [6.07, 6.45) is 4.92. The molecule has 0 saturated heterocycles. The van der Waals surface area contributed by atoms with Crippen LogP contribution < -0.4 is 16.6 Å². The fraction of sp³-hybridized carbons (Fsp3) is 0.778. The highest BCUT2D eigenvalue weighted by molar-refractivity contribution is 6.34. The zero-order chi connectivity index (χ0) is 10.2. The van der Waals surface area contributed by atoms with Gasteiger partial charge in [0.25, 0.3) is 0 Å². The van der Waals surface area contributed by atoms with Gasteiger partial charge in [0, 0.05) is 6.54 Å². The normalized spacial score (nSPS) is 22.6. The van der Waals surface area contributed by atoms with Crippen molar-refractivity contribution in [2.24, 2.45) is 17.2 Å². The van der Waals surface area contributed by atoms with E-state index in [0.29, 0.717) is 12.0 Å². The van der Waals surface area contributed by atoms with Crippen LogP contribution in [0.1, 0.15) is 25.7 Å². The second kappa shape index (κ2) is 3.24. The van der Waals surface area contributed by atoms with Gasteiger partial charge in [0.15, 0.2) is 0 Å². The van der Waals surface area contributed by atoms with E-state index in [-0.39, 0.29) is 0 Å². The standard InChI is InChI=1S/C9H15N3O2/c10-12-8(14)7(13)11-5-9(3-4-9)6-1-2-6/h6H,1-5,10H2,(H,11,13)(H,12,14). The van der Waals surface area contributed by atoms with E-state index in [1.807, 2.05) is 5.43 Å². The number of hydrogen-bond donors (Lipinski definition) is 3. The van der Waals surface area contributed by atoms with Gasteiger partial charge in [-0.3, -0.25) is 15.0 Å². The number of nitrogens with one attached hydrogen (secondary N) is 2. The molecule has 5 heteroatoms. The number of hydrogen-bond acceptors (Lipinski definition) is 3. The third-order valence-corrected chi connectivity index (χ3v) is 3.27. The van der Waals surface area contributed by atoms with Gasteiger partial charge in [-0.15, -0.1) is 0 Å². The predicted octanol–water partition coefficient (Wildman–Crippen LogP) is -0.717. The zero-order valence-electron chi connectivity index (χ0n) is 8.01. The van der Waals surface area contributed by atoms with Crippen LogP contribution in [0.5, 0.6) is 0 Å². The molecule has 4 N–H and O–H groups in total. The van der Waals surface area contributed by atoms with E-state index in [9.17, 15) is 9.59 Å². The van der Waals surface area contributed by atoms with E-state index >= 15 is 0 Å². The third kappa shape index (κ3) is 1.72. The summed E-state index contributed by atoms with van der Waals surface area (Å²) in [6, 6.07) is 0. The Labute approximate surface area is 82.4 Å². The average molecular weight is 197 g/mol. The first-order valence-electron chi connectivity index (χ1n) is 4.97. The second-order valence-electron chi connectivity index (χ2n) is 4.29. The molecular formula is C9H15N3O2. The minimum atomic E-state index is -0.767. The van der Waals surface area contributed by atoms with Crippen molar-refractivity contribution in [1.82, 2.24) is 10.7 Å². The molecule has 78 valence electrons. The van der Waals surface area contributed by atoms with Crippen LogP contribution in [0.25, 0.3) is 0 Å². The maximum Gasteiger partial charge on any atom is 0.323 e. The minimum absolute atomic E-state index is 0.324. The Bertz CT molecular complexity index is 269. The van der Waals surface area contributed by atoms with Gasteiger partial charge in [-0.05, 0) is 37.0 Å². The van der Waals surface area contributed by atoms with Gasteiger partial charge in [-0.2, -0.15) is 0 Å². The molecule has 14 heavy (non-hydrogen) atoms.